The maximum absolute atomic E-state index is 9.06. The minimum absolute atomic E-state index is 0.296. The quantitative estimate of drug-likeness (QED) is 0.923. The van der Waals surface area contributed by atoms with Crippen LogP contribution in [0.1, 0.15) is 11.3 Å². The molecule has 1 N–H and O–H groups in total. The van der Waals surface area contributed by atoms with Gasteiger partial charge in [0.15, 0.2) is 5.69 Å². The van der Waals surface area contributed by atoms with Gasteiger partial charge < -0.3 is 5.32 Å². The van der Waals surface area contributed by atoms with Crippen molar-refractivity contribution in [1.82, 2.24) is 4.98 Å². The Labute approximate surface area is 113 Å². The largest absolute Gasteiger partial charge is 0.352 e. The Balaban J connectivity index is 2.41. The second kappa shape index (κ2) is 5.31. The normalized spacial score (nSPS) is 9.28. The molecule has 0 saturated carbocycles. The smallest absolute Gasteiger partial charge is 0.163 e. The van der Waals surface area contributed by atoms with Gasteiger partial charge in [-0.05, 0) is 30.3 Å². The average Bonchev–Trinajstić information content (AvgIpc) is 2.41. The number of aromatic nitrogens is 1. The Bertz CT molecular complexity index is 667. The predicted molar refractivity (Wildman–Crippen MR) is 71.1 cm³/mol. The number of anilines is 2. The molecule has 18 heavy (non-hydrogen) atoms. The van der Waals surface area contributed by atoms with Crippen LogP contribution in [0.3, 0.4) is 0 Å². The number of nitrogens with zero attached hydrogens (tertiary/aromatic N) is 3. The second-order valence-corrected chi connectivity index (χ2v) is 4.35. The molecule has 0 amide bonds. The molecular formula is C13H7BrN4. The summed E-state index contributed by atoms with van der Waals surface area (Å²) in [5.74, 6) is 0. The zero-order valence-electron chi connectivity index (χ0n) is 9.18. The van der Waals surface area contributed by atoms with Crippen LogP contribution in [0.5, 0.6) is 0 Å². The van der Waals surface area contributed by atoms with Crippen molar-refractivity contribution in [1.29, 1.82) is 10.5 Å². The molecular weight excluding hydrogens is 292 g/mol. The van der Waals surface area contributed by atoms with Crippen molar-refractivity contribution >= 4 is 27.3 Å². The van der Waals surface area contributed by atoms with E-state index >= 15 is 0 Å². The molecule has 86 valence electrons. The van der Waals surface area contributed by atoms with E-state index in [1.807, 2.05) is 12.1 Å². The molecule has 5 heteroatoms. The van der Waals surface area contributed by atoms with Crippen LogP contribution < -0.4 is 5.32 Å². The minimum atomic E-state index is 0.296. The molecule has 0 atom stereocenters. The lowest BCUT2D eigenvalue weighted by Crippen LogP contribution is -1.97. The summed E-state index contributed by atoms with van der Waals surface area (Å²) in [6.07, 6.45) is 1.55. The number of rotatable bonds is 2. The Morgan fingerprint density at radius 2 is 1.94 bits per heavy atom. The van der Waals surface area contributed by atoms with Crippen molar-refractivity contribution in [2.45, 2.75) is 0 Å². The fourth-order valence-corrected chi connectivity index (χ4v) is 1.82. The van der Waals surface area contributed by atoms with Crippen molar-refractivity contribution in [2.75, 3.05) is 5.32 Å². The van der Waals surface area contributed by atoms with Gasteiger partial charge in [0.1, 0.15) is 12.1 Å². The van der Waals surface area contributed by atoms with Gasteiger partial charge in [-0.3, -0.25) is 0 Å². The summed E-state index contributed by atoms with van der Waals surface area (Å²) in [6.45, 7) is 0. The van der Waals surface area contributed by atoms with E-state index < -0.39 is 0 Å². The summed E-state index contributed by atoms with van der Waals surface area (Å²) in [4.78, 5) is 3.95. The molecule has 0 aliphatic heterocycles. The van der Waals surface area contributed by atoms with Gasteiger partial charge in [-0.1, -0.05) is 15.9 Å². The van der Waals surface area contributed by atoms with Crippen molar-refractivity contribution in [3.05, 3.63) is 52.3 Å². The number of hydrogen-bond acceptors (Lipinski definition) is 4. The monoisotopic (exact) mass is 298 g/mol. The fourth-order valence-electron chi connectivity index (χ4n) is 1.46. The summed E-state index contributed by atoms with van der Waals surface area (Å²) in [5.41, 5.74) is 2.02. The second-order valence-electron chi connectivity index (χ2n) is 3.44. The molecule has 0 aliphatic carbocycles. The lowest BCUT2D eigenvalue weighted by molar-refractivity contribution is 1.26. The van der Waals surface area contributed by atoms with Gasteiger partial charge in [0.05, 0.1) is 16.9 Å². The Morgan fingerprint density at radius 3 is 2.67 bits per heavy atom. The summed E-state index contributed by atoms with van der Waals surface area (Å²) >= 11 is 3.31. The number of nitriles is 2. The Morgan fingerprint density at radius 1 is 1.11 bits per heavy atom. The topological polar surface area (TPSA) is 72.5 Å². The first-order chi connectivity index (χ1) is 8.74. The van der Waals surface area contributed by atoms with E-state index in [2.05, 4.69) is 32.3 Å². The van der Waals surface area contributed by atoms with E-state index in [-0.39, 0.29) is 0 Å². The molecule has 0 bridgehead atoms. The predicted octanol–water partition coefficient (Wildman–Crippen LogP) is 3.33. The first-order valence-electron chi connectivity index (χ1n) is 5.06. The first-order valence-corrected chi connectivity index (χ1v) is 5.85. The number of hydrogen-bond donors (Lipinski definition) is 1. The highest BCUT2D eigenvalue weighted by Crippen LogP contribution is 2.24. The molecule has 0 spiro atoms. The van der Waals surface area contributed by atoms with Gasteiger partial charge in [0.25, 0.3) is 0 Å². The highest BCUT2D eigenvalue weighted by molar-refractivity contribution is 9.10. The molecule has 0 unspecified atom stereocenters. The number of pyridine rings is 1. The van der Waals surface area contributed by atoms with Gasteiger partial charge in [-0.15, -0.1) is 0 Å². The number of halogens is 1. The van der Waals surface area contributed by atoms with Crippen LogP contribution in [-0.2, 0) is 0 Å². The lowest BCUT2D eigenvalue weighted by Gasteiger charge is -2.09. The van der Waals surface area contributed by atoms with E-state index in [9.17, 15) is 0 Å². The van der Waals surface area contributed by atoms with Crippen LogP contribution in [0.4, 0.5) is 11.4 Å². The summed E-state index contributed by atoms with van der Waals surface area (Å²) in [5, 5.41) is 21.0. The van der Waals surface area contributed by atoms with Gasteiger partial charge >= 0.3 is 0 Å². The van der Waals surface area contributed by atoms with E-state index in [1.54, 1.807) is 30.5 Å². The maximum atomic E-state index is 9.06. The van der Waals surface area contributed by atoms with Crippen LogP contribution in [0.15, 0.2) is 41.0 Å². The Kier molecular flexibility index (Phi) is 3.57. The first kappa shape index (κ1) is 12.1. The zero-order valence-corrected chi connectivity index (χ0v) is 10.8. The molecule has 0 fully saturated rings. The molecule has 2 rings (SSSR count). The van der Waals surface area contributed by atoms with E-state index in [4.69, 9.17) is 10.5 Å². The van der Waals surface area contributed by atoms with Crippen LogP contribution in [0.2, 0.25) is 0 Å². The Hall–Kier alpha value is -2.37. The number of benzene rings is 1. The summed E-state index contributed by atoms with van der Waals surface area (Å²) < 4.78 is 0.830. The van der Waals surface area contributed by atoms with E-state index in [0.717, 1.165) is 4.47 Å². The third kappa shape index (κ3) is 2.48. The van der Waals surface area contributed by atoms with Crippen molar-refractivity contribution < 1.29 is 0 Å². The molecule has 0 saturated heterocycles. The standard InChI is InChI=1S/C13H7BrN4/c14-10-3-4-11(9(6-10)7-15)18-12-2-1-5-17-13(12)8-16/h1-6,18H. The third-order valence-electron chi connectivity index (χ3n) is 2.29. The van der Waals surface area contributed by atoms with Gasteiger partial charge in [-0.25, -0.2) is 4.98 Å². The maximum Gasteiger partial charge on any atom is 0.163 e. The minimum Gasteiger partial charge on any atom is -0.352 e. The van der Waals surface area contributed by atoms with Crippen LogP contribution in [0, 0.1) is 22.7 Å². The lowest BCUT2D eigenvalue weighted by atomic mass is 10.2. The molecule has 1 heterocycles. The van der Waals surface area contributed by atoms with E-state index in [0.29, 0.717) is 22.6 Å². The van der Waals surface area contributed by atoms with Crippen LogP contribution >= 0.6 is 15.9 Å². The SMILES string of the molecule is N#Cc1cc(Br)ccc1Nc1cccnc1C#N. The van der Waals surface area contributed by atoms with Crippen molar-refractivity contribution in [3.63, 3.8) is 0 Å². The highest BCUT2D eigenvalue weighted by atomic mass is 79.9. The summed E-state index contributed by atoms with van der Waals surface area (Å²) in [6, 6.07) is 12.9. The van der Waals surface area contributed by atoms with Gasteiger partial charge in [-0.2, -0.15) is 10.5 Å². The van der Waals surface area contributed by atoms with Crippen LogP contribution in [0.25, 0.3) is 0 Å². The molecule has 1 aromatic carbocycles. The van der Waals surface area contributed by atoms with Gasteiger partial charge in [0, 0.05) is 10.7 Å². The fraction of sp³-hybridized carbons (Fsp3) is 0. The molecule has 0 aliphatic rings. The highest BCUT2D eigenvalue weighted by Gasteiger charge is 2.06. The molecule has 2 aromatic rings. The zero-order chi connectivity index (χ0) is 13.0. The van der Waals surface area contributed by atoms with E-state index in [1.165, 1.54) is 0 Å². The number of nitrogens with one attached hydrogen (secondary N) is 1. The summed E-state index contributed by atoms with van der Waals surface area (Å²) in [7, 11) is 0. The molecule has 0 radical (unpaired) electrons. The van der Waals surface area contributed by atoms with Crippen molar-refractivity contribution in [2.24, 2.45) is 0 Å². The molecule has 1 aromatic heterocycles. The van der Waals surface area contributed by atoms with Gasteiger partial charge in [0.2, 0.25) is 0 Å². The van der Waals surface area contributed by atoms with Crippen LogP contribution in [-0.4, -0.2) is 4.98 Å². The third-order valence-corrected chi connectivity index (χ3v) is 2.78. The average molecular weight is 299 g/mol. The van der Waals surface area contributed by atoms with Crippen molar-refractivity contribution in [3.8, 4) is 12.1 Å². The molecule has 4 nitrogen and oxygen atoms in total.